The van der Waals surface area contributed by atoms with E-state index >= 15 is 0 Å². The van der Waals surface area contributed by atoms with Crippen molar-refractivity contribution in [1.29, 1.82) is 5.26 Å². The van der Waals surface area contributed by atoms with Crippen molar-refractivity contribution in [1.82, 2.24) is 0 Å². The molecule has 1 amide bonds. The summed E-state index contributed by atoms with van der Waals surface area (Å²) in [5, 5.41) is 11.1. The van der Waals surface area contributed by atoms with E-state index in [-0.39, 0.29) is 6.61 Å². The lowest BCUT2D eigenvalue weighted by atomic mass is 10.2. The summed E-state index contributed by atoms with van der Waals surface area (Å²) in [7, 11) is 0. The van der Waals surface area contributed by atoms with E-state index in [2.05, 4.69) is 10.1 Å². The summed E-state index contributed by atoms with van der Waals surface area (Å²) < 4.78 is 4.63. The van der Waals surface area contributed by atoms with Crippen LogP contribution in [-0.4, -0.2) is 24.5 Å². The first-order valence-corrected chi connectivity index (χ1v) is 5.31. The molecule has 0 aliphatic heterocycles. The average molecular weight is 247 g/mol. The second-order valence-electron chi connectivity index (χ2n) is 3.41. The highest BCUT2D eigenvalue weighted by Gasteiger charge is 2.23. The zero-order chi connectivity index (χ0) is 13.5. The number of carbonyl (C=O) groups is 2. The molecule has 18 heavy (non-hydrogen) atoms. The number of carbonyl (C=O) groups excluding carboxylic acids is 2. The van der Waals surface area contributed by atoms with Crippen molar-refractivity contribution in [3.63, 3.8) is 0 Å². The highest BCUT2D eigenvalue weighted by molar-refractivity contribution is 6.08. The summed E-state index contributed by atoms with van der Waals surface area (Å²) >= 11 is 0. The van der Waals surface area contributed by atoms with Gasteiger partial charge in [0.05, 0.1) is 18.2 Å². The fourth-order valence-electron chi connectivity index (χ4n) is 1.19. The van der Waals surface area contributed by atoms with E-state index in [1.165, 1.54) is 0 Å². The maximum absolute atomic E-state index is 11.6. The largest absolute Gasteiger partial charge is 0.464 e. The molecule has 6 heteroatoms. The number of nitriles is 1. The molecule has 1 aromatic rings. The lowest BCUT2D eigenvalue weighted by Crippen LogP contribution is -2.43. The first-order valence-electron chi connectivity index (χ1n) is 5.31. The third-order valence-corrected chi connectivity index (χ3v) is 2.10. The molecular weight excluding hydrogens is 234 g/mol. The molecule has 1 aromatic carbocycles. The minimum absolute atomic E-state index is 0.163. The predicted octanol–water partition coefficient (Wildman–Crippen LogP) is 0.387. The molecule has 0 spiro atoms. The molecule has 6 nitrogen and oxygen atoms in total. The molecule has 0 fully saturated rings. The van der Waals surface area contributed by atoms with E-state index in [9.17, 15) is 9.59 Å². The summed E-state index contributed by atoms with van der Waals surface area (Å²) in [6.07, 6.45) is 0. The van der Waals surface area contributed by atoms with Crippen LogP contribution in [0.25, 0.3) is 0 Å². The second kappa shape index (κ2) is 6.37. The third kappa shape index (κ3) is 3.57. The Morgan fingerprint density at radius 3 is 2.56 bits per heavy atom. The van der Waals surface area contributed by atoms with Crippen molar-refractivity contribution >= 4 is 17.6 Å². The van der Waals surface area contributed by atoms with Crippen molar-refractivity contribution in [2.24, 2.45) is 5.73 Å². The maximum atomic E-state index is 11.6. The SMILES string of the molecule is CCOC(=O)C(N)C(=O)Nc1ccc(C#N)cc1. The topological polar surface area (TPSA) is 105 Å². The number of anilines is 1. The molecule has 3 N–H and O–H groups in total. The molecule has 0 saturated carbocycles. The smallest absolute Gasteiger partial charge is 0.332 e. The Bertz CT molecular complexity index is 476. The second-order valence-corrected chi connectivity index (χ2v) is 3.41. The molecule has 0 radical (unpaired) electrons. The Morgan fingerprint density at radius 2 is 2.06 bits per heavy atom. The van der Waals surface area contributed by atoms with Gasteiger partial charge >= 0.3 is 5.97 Å². The number of ether oxygens (including phenoxy) is 1. The number of benzene rings is 1. The van der Waals surface area contributed by atoms with Crippen molar-refractivity contribution in [2.45, 2.75) is 13.0 Å². The predicted molar refractivity (Wildman–Crippen MR) is 64.4 cm³/mol. The number of amides is 1. The number of rotatable bonds is 4. The molecule has 0 saturated heterocycles. The lowest BCUT2D eigenvalue weighted by Gasteiger charge is -2.11. The minimum atomic E-state index is -1.36. The Kier molecular flexibility index (Phi) is 4.84. The Balaban J connectivity index is 2.64. The van der Waals surface area contributed by atoms with E-state index in [0.717, 1.165) is 0 Å². The molecule has 0 aliphatic rings. The quantitative estimate of drug-likeness (QED) is 0.591. The molecule has 1 unspecified atom stereocenters. The standard InChI is InChI=1S/C12H13N3O3/c1-2-18-12(17)10(14)11(16)15-9-5-3-8(7-13)4-6-9/h3-6,10H,2,14H2,1H3,(H,15,16). The third-order valence-electron chi connectivity index (χ3n) is 2.10. The number of hydrogen-bond acceptors (Lipinski definition) is 5. The van der Waals surface area contributed by atoms with Gasteiger partial charge in [0.2, 0.25) is 0 Å². The van der Waals surface area contributed by atoms with Gasteiger partial charge in [-0.2, -0.15) is 5.26 Å². The van der Waals surface area contributed by atoms with Crippen LogP contribution in [0.5, 0.6) is 0 Å². The lowest BCUT2D eigenvalue weighted by molar-refractivity contribution is -0.146. The van der Waals surface area contributed by atoms with Gasteiger partial charge < -0.3 is 15.8 Å². The van der Waals surface area contributed by atoms with Crippen molar-refractivity contribution in [3.05, 3.63) is 29.8 Å². The van der Waals surface area contributed by atoms with Crippen LogP contribution >= 0.6 is 0 Å². The number of nitrogens with two attached hydrogens (primary N) is 1. The molecule has 0 aliphatic carbocycles. The average Bonchev–Trinajstić information content (AvgIpc) is 2.39. The van der Waals surface area contributed by atoms with Crippen LogP contribution in [0.4, 0.5) is 5.69 Å². The van der Waals surface area contributed by atoms with Gasteiger partial charge in [0.25, 0.3) is 5.91 Å². The summed E-state index contributed by atoms with van der Waals surface area (Å²) in [6.45, 7) is 1.79. The summed E-state index contributed by atoms with van der Waals surface area (Å²) in [4.78, 5) is 22.8. The van der Waals surface area contributed by atoms with Gasteiger partial charge in [-0.25, -0.2) is 4.79 Å². The Hall–Kier alpha value is -2.39. The maximum Gasteiger partial charge on any atom is 0.332 e. The summed E-state index contributed by atoms with van der Waals surface area (Å²) in [6, 6.07) is 6.79. The summed E-state index contributed by atoms with van der Waals surface area (Å²) in [5.74, 6) is -1.43. The highest BCUT2D eigenvalue weighted by Crippen LogP contribution is 2.09. The van der Waals surface area contributed by atoms with Crippen LogP contribution in [0, 0.1) is 11.3 Å². The molecular formula is C12H13N3O3. The normalized spacial score (nSPS) is 11.2. The molecule has 0 heterocycles. The fourth-order valence-corrected chi connectivity index (χ4v) is 1.19. The Labute approximate surface area is 104 Å². The van der Waals surface area contributed by atoms with Crippen LogP contribution in [0.15, 0.2) is 24.3 Å². The van der Waals surface area contributed by atoms with Gasteiger partial charge in [-0.05, 0) is 31.2 Å². The van der Waals surface area contributed by atoms with Crippen molar-refractivity contribution in [2.75, 3.05) is 11.9 Å². The first kappa shape index (κ1) is 13.7. The van der Waals surface area contributed by atoms with Gasteiger partial charge in [-0.1, -0.05) is 0 Å². The van der Waals surface area contributed by atoms with E-state index in [1.807, 2.05) is 6.07 Å². The minimum Gasteiger partial charge on any atom is -0.464 e. The number of nitrogens with one attached hydrogen (secondary N) is 1. The van der Waals surface area contributed by atoms with Crippen molar-refractivity contribution in [3.8, 4) is 6.07 Å². The number of hydrogen-bond donors (Lipinski definition) is 2. The van der Waals surface area contributed by atoms with E-state index in [1.54, 1.807) is 31.2 Å². The van der Waals surface area contributed by atoms with Gasteiger partial charge in [0.15, 0.2) is 6.04 Å². The monoisotopic (exact) mass is 247 g/mol. The van der Waals surface area contributed by atoms with Crippen LogP contribution in [-0.2, 0) is 14.3 Å². The van der Waals surface area contributed by atoms with Gasteiger partial charge in [0, 0.05) is 5.69 Å². The fraction of sp³-hybridized carbons (Fsp3) is 0.250. The van der Waals surface area contributed by atoms with Gasteiger partial charge in [-0.3, -0.25) is 4.79 Å². The Morgan fingerprint density at radius 1 is 1.44 bits per heavy atom. The van der Waals surface area contributed by atoms with Gasteiger partial charge in [-0.15, -0.1) is 0 Å². The van der Waals surface area contributed by atoms with Crippen LogP contribution in [0.3, 0.4) is 0 Å². The van der Waals surface area contributed by atoms with Crippen LogP contribution in [0.2, 0.25) is 0 Å². The molecule has 1 rings (SSSR count). The molecule has 0 aromatic heterocycles. The van der Waals surface area contributed by atoms with Gasteiger partial charge in [0.1, 0.15) is 0 Å². The van der Waals surface area contributed by atoms with E-state index < -0.39 is 17.9 Å². The van der Waals surface area contributed by atoms with E-state index in [0.29, 0.717) is 11.3 Å². The molecule has 0 bridgehead atoms. The number of nitrogens with zero attached hydrogens (tertiary/aromatic N) is 1. The van der Waals surface area contributed by atoms with Crippen molar-refractivity contribution < 1.29 is 14.3 Å². The van der Waals surface area contributed by atoms with Crippen LogP contribution < -0.4 is 11.1 Å². The van der Waals surface area contributed by atoms with E-state index in [4.69, 9.17) is 11.0 Å². The zero-order valence-electron chi connectivity index (χ0n) is 9.84. The summed E-state index contributed by atoms with van der Waals surface area (Å²) in [5.41, 5.74) is 6.34. The zero-order valence-corrected chi connectivity index (χ0v) is 9.84. The van der Waals surface area contributed by atoms with Crippen LogP contribution in [0.1, 0.15) is 12.5 Å². The molecule has 1 atom stereocenters. The highest BCUT2D eigenvalue weighted by atomic mass is 16.5. The first-order chi connectivity index (χ1) is 8.58. The number of esters is 1. The molecule has 94 valence electrons.